The highest BCUT2D eigenvalue weighted by atomic mass is 35.5. The fraction of sp³-hybridized carbons (Fsp3) is 0.429. The molecular weight excluding hydrogens is 1280 g/mol. The van der Waals surface area contributed by atoms with Gasteiger partial charge >= 0.3 is 36.4 Å². The summed E-state index contributed by atoms with van der Waals surface area (Å²) in [7, 11) is 2.42. The van der Waals surface area contributed by atoms with Crippen LogP contribution in [0.4, 0.5) is 56.6 Å². The number of aromatic nitrogens is 3. The predicted molar refractivity (Wildman–Crippen MR) is 327 cm³/mol. The third-order valence-corrected chi connectivity index (χ3v) is 15.6. The number of halogens is 10. The zero-order valence-electron chi connectivity index (χ0n) is 50.6. The third-order valence-electron chi connectivity index (χ3n) is 15.6. The van der Waals surface area contributed by atoms with E-state index in [2.05, 4.69) is 35.8 Å². The Hall–Kier alpha value is -9.60. The summed E-state index contributed by atoms with van der Waals surface area (Å²) in [5, 5.41) is 40.2. The van der Waals surface area contributed by atoms with Crippen molar-refractivity contribution in [1.82, 2.24) is 20.3 Å². The molecule has 31 heteroatoms. The number of amides is 2. The largest absolute Gasteiger partial charge is 0.481 e. The van der Waals surface area contributed by atoms with Gasteiger partial charge in [-0.25, -0.2) is 0 Å². The van der Waals surface area contributed by atoms with E-state index in [0.717, 1.165) is 0 Å². The van der Waals surface area contributed by atoms with E-state index >= 15 is 0 Å². The lowest BCUT2D eigenvalue weighted by atomic mass is 9.84. The molecule has 6 heterocycles. The first-order valence-electron chi connectivity index (χ1n) is 29.0. The summed E-state index contributed by atoms with van der Waals surface area (Å²) in [4.78, 5) is 83.9. The second-order valence-corrected chi connectivity index (χ2v) is 22.2. The van der Waals surface area contributed by atoms with Crippen molar-refractivity contribution in [3.63, 3.8) is 0 Å². The second-order valence-electron chi connectivity index (χ2n) is 22.2. The number of piperidine rings is 3. The number of nitrogens with one attached hydrogen (secondary N) is 1. The SMILES string of the molecule is COC(=O)CCC(=O)NC1CC(C(F)(F)F)CN(c2ccc(C#N)c3ncccc23)C1.COC(=O)CCC(=O)O.Cl.N#Cc1ccc(N2CC(CC(=O)CCC(N)=O)CC(C(F)(F)F)C2)c2cccnc12.N#Cc1ccc(N2CC(N)CC(C(F)(F)F)C2)c2cccnc12. The van der Waals surface area contributed by atoms with Crippen molar-refractivity contribution >= 4 is 97.7 Å². The molecule has 6 N–H and O–H groups in total. The number of pyridine rings is 3. The van der Waals surface area contributed by atoms with Crippen LogP contribution >= 0.6 is 12.4 Å². The molecule has 6 aromatic rings. The molecule has 0 spiro atoms. The number of nitrogens with zero attached hydrogens (tertiary/aromatic N) is 9. The normalized spacial score (nSPS) is 18.7. The highest BCUT2D eigenvalue weighted by molar-refractivity contribution is 5.97. The molecule has 0 saturated carbocycles. The van der Waals surface area contributed by atoms with E-state index in [1.54, 1.807) is 87.6 Å². The van der Waals surface area contributed by atoms with E-state index in [1.165, 1.54) is 32.7 Å². The lowest BCUT2D eigenvalue weighted by Crippen LogP contribution is -2.54. The number of carbonyl (C=O) groups excluding carboxylic acids is 5. The number of esters is 2. The van der Waals surface area contributed by atoms with E-state index < -0.39 is 84.0 Å². The fourth-order valence-electron chi connectivity index (χ4n) is 11.2. The minimum absolute atomic E-state index is 0. The van der Waals surface area contributed by atoms with Crippen LogP contribution in [0.1, 0.15) is 80.9 Å². The highest BCUT2D eigenvalue weighted by Crippen LogP contribution is 2.42. The van der Waals surface area contributed by atoms with Gasteiger partial charge in [-0.1, -0.05) is 0 Å². The van der Waals surface area contributed by atoms with Crippen LogP contribution in [0.15, 0.2) is 91.4 Å². The van der Waals surface area contributed by atoms with Crippen LogP contribution in [0.5, 0.6) is 0 Å². The van der Waals surface area contributed by atoms with Gasteiger partial charge in [-0.05, 0) is 98.0 Å². The number of ketones is 1. The van der Waals surface area contributed by atoms with Crippen LogP contribution in [0.2, 0.25) is 0 Å². The first kappa shape index (κ1) is 75.1. The van der Waals surface area contributed by atoms with E-state index in [0.29, 0.717) is 73.0 Å². The summed E-state index contributed by atoms with van der Waals surface area (Å²) in [5.74, 6) is -8.61. The number of fused-ring (bicyclic) bond motifs is 3. The summed E-state index contributed by atoms with van der Waals surface area (Å²) < 4.78 is 130. The molecule has 0 aliphatic carbocycles. The second kappa shape index (κ2) is 33.8. The minimum atomic E-state index is -4.44. The lowest BCUT2D eigenvalue weighted by molar-refractivity contribution is -0.180. The number of carboxylic acids is 1. The molecule has 21 nitrogen and oxygen atoms in total. The predicted octanol–water partition coefficient (Wildman–Crippen LogP) is 9.54. The van der Waals surface area contributed by atoms with Crippen molar-refractivity contribution in [1.29, 1.82) is 15.8 Å². The number of carbonyl (C=O) groups is 6. The zero-order chi connectivity index (χ0) is 68.4. The van der Waals surface area contributed by atoms with Gasteiger partial charge in [-0.3, -0.25) is 43.7 Å². The van der Waals surface area contributed by atoms with Gasteiger partial charge in [0.25, 0.3) is 0 Å². The Balaban J connectivity index is 0.000000240. The highest BCUT2D eigenvalue weighted by Gasteiger charge is 2.47. The summed E-state index contributed by atoms with van der Waals surface area (Å²) in [5.41, 5.74) is 15.0. The van der Waals surface area contributed by atoms with Gasteiger partial charge in [0.15, 0.2) is 0 Å². The number of nitrogens with two attached hydrogens (primary N) is 2. The maximum absolute atomic E-state index is 13.6. The summed E-state index contributed by atoms with van der Waals surface area (Å²) in [6, 6.07) is 24.7. The Morgan fingerprint density at radius 2 is 0.947 bits per heavy atom. The van der Waals surface area contributed by atoms with Gasteiger partial charge in [0, 0.05) is 129 Å². The molecule has 2 amide bonds. The van der Waals surface area contributed by atoms with Crippen LogP contribution in [0.3, 0.4) is 0 Å². The number of carboxylic acid groups (broad SMARTS) is 1. The number of primary amides is 1. The summed E-state index contributed by atoms with van der Waals surface area (Å²) >= 11 is 0. The molecule has 3 fully saturated rings. The number of hydrogen-bond acceptors (Lipinski definition) is 18. The quantitative estimate of drug-likeness (QED) is 0.0549. The van der Waals surface area contributed by atoms with Gasteiger partial charge in [-0.15, -0.1) is 12.4 Å². The van der Waals surface area contributed by atoms with Crippen molar-refractivity contribution in [3.05, 3.63) is 108 Å². The van der Waals surface area contributed by atoms with Gasteiger partial charge < -0.3 is 46.1 Å². The van der Waals surface area contributed by atoms with Crippen molar-refractivity contribution in [2.24, 2.45) is 35.1 Å². The topological polar surface area (TPSA) is 325 Å². The molecular formula is C63H66ClF9N12O9. The number of benzene rings is 3. The molecule has 6 unspecified atom stereocenters. The molecule has 502 valence electrons. The van der Waals surface area contributed by atoms with Crippen molar-refractivity contribution in [2.45, 2.75) is 94.8 Å². The zero-order valence-corrected chi connectivity index (χ0v) is 51.5. The Kier molecular flexibility index (Phi) is 27.0. The number of hydrogen-bond donors (Lipinski definition) is 4. The Morgan fingerprint density at radius 3 is 1.34 bits per heavy atom. The summed E-state index contributed by atoms with van der Waals surface area (Å²) in [6.07, 6.45) is -9.67. The molecule has 3 aliphatic rings. The lowest BCUT2D eigenvalue weighted by Gasteiger charge is -2.40. The Bertz CT molecular complexity index is 3800. The number of aliphatic carboxylic acids is 1. The van der Waals surface area contributed by atoms with Crippen molar-refractivity contribution < 1.29 is 82.9 Å². The molecule has 0 radical (unpaired) electrons. The maximum Gasteiger partial charge on any atom is 0.393 e. The standard InChI is InChI=1S/C21H21F3N4O3.C21H21F3N4O2.C16H15F3N4.C5H8O4.ClH/c1-31-19(30)7-6-18(29)27-15-9-14(21(22,23)24)11-28(12-15)17-5-4-13(10-25)20-16(17)3-2-8-26-20;22-21(23,24)15-8-13(9-16(29)4-6-19(26)30)11-28(12-15)18-5-3-14(10-25)20-17(18)2-1-7-27-20;17-16(18,19)11-6-12(21)9-23(8-11)14-4-3-10(7-20)15-13(14)2-1-5-22-15;1-9-5(8)3-2-4(6)7;/h2-5,8,14-15H,6-7,9,11-12H2,1H3,(H,27,29);1-3,5,7,13,15H,4,6,8-9,11-12H2,(H2,26,30);1-5,11-12H,6,8-9,21H2;2-3H2,1H3,(H,6,7);1H. The first-order chi connectivity index (χ1) is 44.0. The average Bonchev–Trinajstić information content (AvgIpc) is 0.793. The molecule has 9 rings (SSSR count). The molecule has 3 aromatic carbocycles. The van der Waals surface area contributed by atoms with Crippen LogP contribution in [-0.2, 0) is 38.2 Å². The minimum Gasteiger partial charge on any atom is -0.481 e. The summed E-state index contributed by atoms with van der Waals surface area (Å²) in [6.45, 7) is 0.145. The maximum atomic E-state index is 13.6. The van der Waals surface area contributed by atoms with Gasteiger partial charge in [0.05, 0.1) is 84.5 Å². The number of alkyl halides is 9. The Morgan fingerprint density at radius 1 is 0.553 bits per heavy atom. The monoisotopic (exact) mass is 1340 g/mol. The average molecular weight is 1340 g/mol. The molecule has 94 heavy (non-hydrogen) atoms. The Labute approximate surface area is 539 Å². The number of methoxy groups -OCH3 is 2. The van der Waals surface area contributed by atoms with Crippen LogP contribution < -0.4 is 31.5 Å². The van der Waals surface area contributed by atoms with E-state index in [9.17, 15) is 78.8 Å². The van der Waals surface area contributed by atoms with Crippen LogP contribution in [0.25, 0.3) is 32.7 Å². The molecule has 3 aliphatic heterocycles. The number of Topliss-reactive ketones (excluding diaryl/α,β-unsaturated/α-hetero) is 1. The number of anilines is 3. The van der Waals surface area contributed by atoms with Crippen molar-refractivity contribution in [3.8, 4) is 18.2 Å². The fourth-order valence-corrected chi connectivity index (χ4v) is 11.2. The van der Waals surface area contributed by atoms with E-state index in [1.807, 2.05) is 12.1 Å². The number of nitriles is 3. The van der Waals surface area contributed by atoms with Gasteiger partial charge in [-0.2, -0.15) is 55.3 Å². The third kappa shape index (κ3) is 21.0. The van der Waals surface area contributed by atoms with Crippen LogP contribution in [0, 0.1) is 57.7 Å². The van der Waals surface area contributed by atoms with E-state index in [-0.39, 0.29) is 115 Å². The molecule has 3 aromatic heterocycles. The van der Waals surface area contributed by atoms with E-state index in [4.69, 9.17) is 21.8 Å². The van der Waals surface area contributed by atoms with Gasteiger partial charge in [0.1, 0.15) is 24.0 Å². The van der Waals surface area contributed by atoms with Crippen molar-refractivity contribution in [2.75, 3.05) is 68.2 Å². The van der Waals surface area contributed by atoms with Gasteiger partial charge in [0.2, 0.25) is 11.8 Å². The molecule has 0 bridgehead atoms. The smallest absolute Gasteiger partial charge is 0.393 e. The molecule has 6 atom stereocenters. The number of ether oxygens (including phenoxy) is 2. The number of rotatable bonds is 15. The first-order valence-corrected chi connectivity index (χ1v) is 29.0. The molecule has 3 saturated heterocycles. The van der Waals surface area contributed by atoms with Crippen LogP contribution in [-0.4, -0.2) is 140 Å².